The van der Waals surface area contributed by atoms with E-state index in [1.54, 1.807) is 0 Å². The SMILES string of the molecule is CC1(C)C[C@H](CNCC[C@@]2(c3ccccc3)CCOC(C)(C)C2)CCO1. The summed E-state index contributed by atoms with van der Waals surface area (Å²) in [5, 5.41) is 3.77. The zero-order chi connectivity index (χ0) is 18.7. The zero-order valence-corrected chi connectivity index (χ0v) is 17.1. The third-order valence-corrected chi connectivity index (χ3v) is 6.24. The van der Waals surface area contributed by atoms with Crippen molar-refractivity contribution in [2.45, 2.75) is 76.4 Å². The molecule has 0 saturated carbocycles. The van der Waals surface area contributed by atoms with Gasteiger partial charge in [-0.2, -0.15) is 0 Å². The van der Waals surface area contributed by atoms with Crippen LogP contribution < -0.4 is 5.32 Å². The molecule has 1 aromatic carbocycles. The Morgan fingerprint density at radius 3 is 2.42 bits per heavy atom. The van der Waals surface area contributed by atoms with E-state index in [-0.39, 0.29) is 16.6 Å². The van der Waals surface area contributed by atoms with Gasteiger partial charge in [0.2, 0.25) is 0 Å². The molecular weight excluding hydrogens is 322 g/mol. The maximum absolute atomic E-state index is 6.03. The van der Waals surface area contributed by atoms with E-state index in [0.717, 1.165) is 51.5 Å². The summed E-state index contributed by atoms with van der Waals surface area (Å²) in [6.45, 7) is 12.8. The normalized spacial score (nSPS) is 30.8. The molecule has 3 heteroatoms. The smallest absolute Gasteiger partial charge is 0.0635 e. The number of hydrogen-bond donors (Lipinski definition) is 1. The van der Waals surface area contributed by atoms with Gasteiger partial charge in [-0.25, -0.2) is 0 Å². The second kappa shape index (κ2) is 8.00. The van der Waals surface area contributed by atoms with Gasteiger partial charge in [0.05, 0.1) is 11.2 Å². The maximum atomic E-state index is 6.03. The molecule has 0 bridgehead atoms. The lowest BCUT2D eigenvalue weighted by molar-refractivity contribution is -0.0845. The molecule has 1 aromatic rings. The first-order valence-electron chi connectivity index (χ1n) is 10.3. The van der Waals surface area contributed by atoms with Crippen molar-refractivity contribution in [1.82, 2.24) is 5.32 Å². The molecule has 0 aromatic heterocycles. The molecule has 2 fully saturated rings. The van der Waals surface area contributed by atoms with Crippen LogP contribution in [0.15, 0.2) is 30.3 Å². The van der Waals surface area contributed by atoms with Crippen LogP contribution in [0.5, 0.6) is 0 Å². The Labute approximate surface area is 159 Å². The third-order valence-electron chi connectivity index (χ3n) is 6.24. The van der Waals surface area contributed by atoms with Gasteiger partial charge in [-0.1, -0.05) is 30.3 Å². The number of nitrogens with one attached hydrogen (secondary N) is 1. The van der Waals surface area contributed by atoms with Crippen molar-refractivity contribution < 1.29 is 9.47 Å². The molecule has 0 amide bonds. The van der Waals surface area contributed by atoms with Crippen LogP contribution in [0.2, 0.25) is 0 Å². The molecule has 2 atom stereocenters. The molecule has 2 heterocycles. The Balaban J connectivity index is 1.59. The first-order chi connectivity index (χ1) is 12.3. The van der Waals surface area contributed by atoms with Crippen LogP contribution in [0.4, 0.5) is 0 Å². The van der Waals surface area contributed by atoms with E-state index in [0.29, 0.717) is 0 Å². The standard InChI is InChI=1S/C23H37NO2/c1-21(2)16-19(10-14-25-21)17-24-13-11-23(20-8-6-5-7-9-20)12-15-26-22(3,4)18-23/h5-9,19,24H,10-18H2,1-4H3/t19-,23-/m1/s1. The van der Waals surface area contributed by atoms with E-state index in [1.807, 2.05) is 0 Å². The molecule has 0 unspecified atom stereocenters. The zero-order valence-electron chi connectivity index (χ0n) is 17.1. The summed E-state index contributed by atoms with van der Waals surface area (Å²) in [7, 11) is 0. The minimum Gasteiger partial charge on any atom is -0.376 e. The summed E-state index contributed by atoms with van der Waals surface area (Å²) < 4.78 is 11.9. The van der Waals surface area contributed by atoms with Gasteiger partial charge in [0.1, 0.15) is 0 Å². The van der Waals surface area contributed by atoms with Crippen LogP contribution >= 0.6 is 0 Å². The number of hydrogen-bond acceptors (Lipinski definition) is 3. The minimum atomic E-state index is -0.0428. The highest BCUT2D eigenvalue weighted by Gasteiger charge is 2.41. The van der Waals surface area contributed by atoms with Crippen LogP contribution in [0, 0.1) is 5.92 Å². The van der Waals surface area contributed by atoms with Gasteiger partial charge in [0.25, 0.3) is 0 Å². The van der Waals surface area contributed by atoms with Crippen LogP contribution in [0.3, 0.4) is 0 Å². The van der Waals surface area contributed by atoms with E-state index in [2.05, 4.69) is 63.3 Å². The highest BCUT2D eigenvalue weighted by Crippen LogP contribution is 2.43. The molecule has 0 radical (unpaired) electrons. The Morgan fingerprint density at radius 2 is 1.73 bits per heavy atom. The van der Waals surface area contributed by atoms with E-state index in [4.69, 9.17) is 9.47 Å². The van der Waals surface area contributed by atoms with E-state index in [1.165, 1.54) is 18.4 Å². The topological polar surface area (TPSA) is 30.5 Å². The molecule has 0 aliphatic carbocycles. The second-order valence-electron chi connectivity index (χ2n) is 9.60. The highest BCUT2D eigenvalue weighted by molar-refractivity contribution is 5.27. The van der Waals surface area contributed by atoms with Crippen LogP contribution in [0.25, 0.3) is 0 Å². The van der Waals surface area contributed by atoms with Crippen molar-refractivity contribution >= 4 is 0 Å². The Kier molecular flexibility index (Phi) is 6.11. The van der Waals surface area contributed by atoms with Crippen LogP contribution in [-0.4, -0.2) is 37.5 Å². The molecule has 146 valence electrons. The van der Waals surface area contributed by atoms with E-state index < -0.39 is 0 Å². The molecule has 1 N–H and O–H groups in total. The van der Waals surface area contributed by atoms with Gasteiger partial charge in [-0.3, -0.25) is 0 Å². The Bertz CT molecular complexity index is 569. The van der Waals surface area contributed by atoms with Gasteiger partial charge in [0.15, 0.2) is 0 Å². The molecule has 0 spiro atoms. The fourth-order valence-electron chi connectivity index (χ4n) is 5.04. The van der Waals surface area contributed by atoms with Crippen molar-refractivity contribution in [1.29, 1.82) is 0 Å². The monoisotopic (exact) mass is 359 g/mol. The minimum absolute atomic E-state index is 0.0423. The fourth-order valence-corrected chi connectivity index (χ4v) is 5.04. The first kappa shape index (κ1) is 19.9. The van der Waals surface area contributed by atoms with Crippen molar-refractivity contribution in [2.24, 2.45) is 5.92 Å². The van der Waals surface area contributed by atoms with Gasteiger partial charge in [-0.05, 0) is 84.4 Å². The first-order valence-corrected chi connectivity index (χ1v) is 10.3. The van der Waals surface area contributed by atoms with Crippen molar-refractivity contribution in [3.8, 4) is 0 Å². The predicted octanol–water partition coefficient (Wildman–Crippen LogP) is 4.70. The number of ether oxygens (including phenoxy) is 2. The third kappa shape index (κ3) is 5.09. The molecule has 2 saturated heterocycles. The summed E-state index contributed by atoms with van der Waals surface area (Å²) in [5.74, 6) is 0.734. The molecule has 2 aliphatic rings. The second-order valence-corrected chi connectivity index (χ2v) is 9.60. The molecule has 3 rings (SSSR count). The van der Waals surface area contributed by atoms with Crippen LogP contribution in [0.1, 0.15) is 65.4 Å². The average molecular weight is 360 g/mol. The summed E-state index contributed by atoms with van der Waals surface area (Å²) in [6, 6.07) is 11.1. The lowest BCUT2D eigenvalue weighted by Crippen LogP contribution is -2.45. The Hall–Kier alpha value is -0.900. The van der Waals surface area contributed by atoms with Crippen molar-refractivity contribution in [3.05, 3.63) is 35.9 Å². The Morgan fingerprint density at radius 1 is 1.00 bits per heavy atom. The number of benzene rings is 1. The largest absolute Gasteiger partial charge is 0.376 e. The lowest BCUT2D eigenvalue weighted by Gasteiger charge is -2.45. The quantitative estimate of drug-likeness (QED) is 0.747. The van der Waals surface area contributed by atoms with Gasteiger partial charge in [-0.15, -0.1) is 0 Å². The number of rotatable bonds is 6. The fraction of sp³-hybridized carbons (Fsp3) is 0.739. The molecule has 3 nitrogen and oxygen atoms in total. The van der Waals surface area contributed by atoms with Crippen molar-refractivity contribution in [3.63, 3.8) is 0 Å². The average Bonchev–Trinajstić information content (AvgIpc) is 2.58. The van der Waals surface area contributed by atoms with Crippen molar-refractivity contribution in [2.75, 3.05) is 26.3 Å². The van der Waals surface area contributed by atoms with Gasteiger partial charge >= 0.3 is 0 Å². The van der Waals surface area contributed by atoms with Crippen LogP contribution in [-0.2, 0) is 14.9 Å². The van der Waals surface area contributed by atoms with Gasteiger partial charge < -0.3 is 14.8 Å². The predicted molar refractivity (Wildman–Crippen MR) is 108 cm³/mol. The van der Waals surface area contributed by atoms with E-state index >= 15 is 0 Å². The summed E-state index contributed by atoms with van der Waals surface area (Å²) >= 11 is 0. The molecule has 2 aliphatic heterocycles. The summed E-state index contributed by atoms with van der Waals surface area (Å²) in [4.78, 5) is 0. The molecule has 26 heavy (non-hydrogen) atoms. The summed E-state index contributed by atoms with van der Waals surface area (Å²) in [5.41, 5.74) is 1.70. The molecular formula is C23H37NO2. The van der Waals surface area contributed by atoms with Gasteiger partial charge in [0, 0.05) is 18.6 Å². The summed E-state index contributed by atoms with van der Waals surface area (Å²) in [6.07, 6.45) is 5.73. The maximum Gasteiger partial charge on any atom is 0.0635 e. The lowest BCUT2D eigenvalue weighted by atomic mass is 9.67. The van der Waals surface area contributed by atoms with E-state index in [9.17, 15) is 0 Å². The highest BCUT2D eigenvalue weighted by atomic mass is 16.5.